The predicted molar refractivity (Wildman–Crippen MR) is 79.3 cm³/mol. The third-order valence-electron chi connectivity index (χ3n) is 3.21. The van der Waals surface area contributed by atoms with Crippen molar-refractivity contribution < 1.29 is 4.74 Å². The molecule has 0 saturated heterocycles. The SMILES string of the molecule is COc1ccc(C(=N)N)c(N(C)Cc2nccn2C)c1. The fourth-order valence-electron chi connectivity index (χ4n) is 2.03. The Hall–Kier alpha value is -2.50. The number of imidazole rings is 1. The number of methoxy groups -OCH3 is 1. The molecule has 0 aliphatic heterocycles. The van der Waals surface area contributed by atoms with E-state index in [0.29, 0.717) is 12.1 Å². The molecule has 1 aromatic heterocycles. The monoisotopic (exact) mass is 273 g/mol. The molecule has 0 atom stereocenters. The minimum absolute atomic E-state index is 0.0364. The third-order valence-corrected chi connectivity index (χ3v) is 3.21. The lowest BCUT2D eigenvalue weighted by Gasteiger charge is -2.22. The van der Waals surface area contributed by atoms with E-state index in [1.807, 2.05) is 35.8 Å². The molecule has 6 heteroatoms. The van der Waals surface area contributed by atoms with Gasteiger partial charge in [-0.15, -0.1) is 0 Å². The molecule has 0 amide bonds. The summed E-state index contributed by atoms with van der Waals surface area (Å²) in [7, 11) is 5.51. The highest BCUT2D eigenvalue weighted by atomic mass is 16.5. The summed E-state index contributed by atoms with van der Waals surface area (Å²) in [4.78, 5) is 6.31. The largest absolute Gasteiger partial charge is 0.497 e. The number of ether oxygens (including phenoxy) is 1. The van der Waals surface area contributed by atoms with E-state index in [1.165, 1.54) is 0 Å². The maximum absolute atomic E-state index is 7.68. The molecule has 6 nitrogen and oxygen atoms in total. The second-order valence-corrected chi connectivity index (χ2v) is 4.61. The molecule has 0 radical (unpaired) electrons. The van der Waals surface area contributed by atoms with Gasteiger partial charge in [-0.05, 0) is 12.1 Å². The molecule has 20 heavy (non-hydrogen) atoms. The zero-order valence-electron chi connectivity index (χ0n) is 11.9. The van der Waals surface area contributed by atoms with Crippen LogP contribution in [0.3, 0.4) is 0 Å². The van der Waals surface area contributed by atoms with Gasteiger partial charge in [-0.25, -0.2) is 4.98 Å². The van der Waals surface area contributed by atoms with Crippen LogP contribution >= 0.6 is 0 Å². The first-order valence-electron chi connectivity index (χ1n) is 6.22. The summed E-state index contributed by atoms with van der Waals surface area (Å²) in [5.74, 6) is 1.70. The van der Waals surface area contributed by atoms with Gasteiger partial charge in [0.05, 0.1) is 19.3 Å². The predicted octanol–water partition coefficient (Wildman–Crippen LogP) is 1.35. The minimum Gasteiger partial charge on any atom is -0.497 e. The van der Waals surface area contributed by atoms with E-state index in [4.69, 9.17) is 15.9 Å². The number of nitrogens with one attached hydrogen (secondary N) is 1. The fourth-order valence-corrected chi connectivity index (χ4v) is 2.03. The Morgan fingerprint density at radius 3 is 2.80 bits per heavy atom. The first kappa shape index (κ1) is 13.9. The zero-order chi connectivity index (χ0) is 14.7. The molecule has 0 aliphatic rings. The maximum atomic E-state index is 7.68. The van der Waals surface area contributed by atoms with Crippen molar-refractivity contribution in [3.05, 3.63) is 42.0 Å². The van der Waals surface area contributed by atoms with Crippen LogP contribution < -0.4 is 15.4 Å². The van der Waals surface area contributed by atoms with Gasteiger partial charge in [0.1, 0.15) is 17.4 Å². The summed E-state index contributed by atoms with van der Waals surface area (Å²) in [6.07, 6.45) is 3.67. The number of nitrogens with zero attached hydrogens (tertiary/aromatic N) is 3. The van der Waals surface area contributed by atoms with E-state index >= 15 is 0 Å². The van der Waals surface area contributed by atoms with Gasteiger partial charge < -0.3 is 19.9 Å². The van der Waals surface area contributed by atoms with Gasteiger partial charge in [-0.2, -0.15) is 0 Å². The Bertz CT molecular complexity index is 620. The summed E-state index contributed by atoms with van der Waals surface area (Å²) in [5.41, 5.74) is 7.17. The summed E-state index contributed by atoms with van der Waals surface area (Å²) >= 11 is 0. The van der Waals surface area contributed by atoms with Gasteiger partial charge in [-0.3, -0.25) is 5.41 Å². The first-order valence-corrected chi connectivity index (χ1v) is 6.22. The summed E-state index contributed by atoms with van der Waals surface area (Å²) in [6, 6.07) is 5.47. The van der Waals surface area contributed by atoms with Crippen molar-refractivity contribution in [2.45, 2.75) is 6.54 Å². The molecular formula is C14H19N5O. The Balaban J connectivity index is 2.34. The van der Waals surface area contributed by atoms with Crippen molar-refractivity contribution in [3.8, 4) is 5.75 Å². The van der Waals surface area contributed by atoms with Crippen molar-refractivity contribution >= 4 is 11.5 Å². The maximum Gasteiger partial charge on any atom is 0.127 e. The Kier molecular flexibility index (Phi) is 3.93. The van der Waals surface area contributed by atoms with Gasteiger partial charge in [0, 0.05) is 38.1 Å². The number of aromatic nitrogens is 2. The number of anilines is 1. The lowest BCUT2D eigenvalue weighted by molar-refractivity contribution is 0.415. The molecule has 2 aromatic rings. The lowest BCUT2D eigenvalue weighted by atomic mass is 10.1. The van der Waals surface area contributed by atoms with Gasteiger partial charge in [-0.1, -0.05) is 0 Å². The quantitative estimate of drug-likeness (QED) is 0.636. The molecule has 1 aromatic carbocycles. The number of nitrogen functional groups attached to an aromatic ring is 1. The van der Waals surface area contributed by atoms with Crippen LogP contribution in [0.1, 0.15) is 11.4 Å². The molecule has 1 heterocycles. The molecule has 2 rings (SSSR count). The van der Waals surface area contributed by atoms with E-state index in [9.17, 15) is 0 Å². The normalized spacial score (nSPS) is 10.3. The van der Waals surface area contributed by atoms with Crippen LogP contribution in [-0.4, -0.2) is 29.5 Å². The van der Waals surface area contributed by atoms with Gasteiger partial charge in [0.15, 0.2) is 0 Å². The van der Waals surface area contributed by atoms with Crippen LogP contribution in [0, 0.1) is 5.41 Å². The molecule has 0 spiro atoms. The molecule has 106 valence electrons. The van der Waals surface area contributed by atoms with E-state index in [1.54, 1.807) is 25.4 Å². The second kappa shape index (κ2) is 5.64. The number of aryl methyl sites for hydroxylation is 1. The van der Waals surface area contributed by atoms with Crippen LogP contribution in [-0.2, 0) is 13.6 Å². The minimum atomic E-state index is 0.0364. The van der Waals surface area contributed by atoms with Gasteiger partial charge >= 0.3 is 0 Å². The van der Waals surface area contributed by atoms with Crippen molar-refractivity contribution in [2.75, 3.05) is 19.1 Å². The number of rotatable bonds is 5. The van der Waals surface area contributed by atoms with Crippen LogP contribution in [0.5, 0.6) is 5.75 Å². The van der Waals surface area contributed by atoms with Gasteiger partial charge in [0.25, 0.3) is 0 Å². The van der Waals surface area contributed by atoms with E-state index in [2.05, 4.69) is 4.98 Å². The smallest absolute Gasteiger partial charge is 0.127 e. The average Bonchev–Trinajstić information content (AvgIpc) is 2.83. The number of hydrogen-bond acceptors (Lipinski definition) is 4. The second-order valence-electron chi connectivity index (χ2n) is 4.61. The number of hydrogen-bond donors (Lipinski definition) is 2. The van der Waals surface area contributed by atoms with Crippen LogP contribution in [0.4, 0.5) is 5.69 Å². The number of amidine groups is 1. The highest BCUT2D eigenvalue weighted by Crippen LogP contribution is 2.26. The van der Waals surface area contributed by atoms with Gasteiger partial charge in [0.2, 0.25) is 0 Å². The lowest BCUT2D eigenvalue weighted by Crippen LogP contribution is -2.23. The Morgan fingerprint density at radius 2 is 2.25 bits per heavy atom. The van der Waals surface area contributed by atoms with Crippen molar-refractivity contribution in [2.24, 2.45) is 12.8 Å². The van der Waals surface area contributed by atoms with Crippen LogP contribution in [0.15, 0.2) is 30.6 Å². The average molecular weight is 273 g/mol. The standard InChI is InChI=1S/C14H19N5O/c1-18-7-6-17-13(18)9-19(2)12-8-10(20-3)4-5-11(12)14(15)16/h4-8H,9H2,1-3H3,(H3,15,16). The topological polar surface area (TPSA) is 80.2 Å². The Labute approximate surface area is 118 Å². The van der Waals surface area contributed by atoms with E-state index < -0.39 is 0 Å². The third kappa shape index (κ3) is 2.74. The number of nitrogens with two attached hydrogens (primary N) is 1. The highest BCUT2D eigenvalue weighted by Gasteiger charge is 2.13. The summed E-state index contributed by atoms with van der Waals surface area (Å²) in [5, 5.41) is 7.68. The van der Waals surface area contributed by atoms with Crippen molar-refractivity contribution in [3.63, 3.8) is 0 Å². The molecule has 0 bridgehead atoms. The first-order chi connectivity index (χ1) is 9.52. The Morgan fingerprint density at radius 1 is 1.50 bits per heavy atom. The van der Waals surface area contributed by atoms with E-state index in [0.717, 1.165) is 17.3 Å². The highest BCUT2D eigenvalue weighted by molar-refractivity contribution is 6.00. The van der Waals surface area contributed by atoms with Crippen molar-refractivity contribution in [1.29, 1.82) is 5.41 Å². The number of benzene rings is 1. The molecule has 0 saturated carbocycles. The fraction of sp³-hybridized carbons (Fsp3) is 0.286. The van der Waals surface area contributed by atoms with Crippen LogP contribution in [0.2, 0.25) is 0 Å². The van der Waals surface area contributed by atoms with Crippen LogP contribution in [0.25, 0.3) is 0 Å². The molecule has 0 fully saturated rings. The molecule has 3 N–H and O–H groups in total. The summed E-state index contributed by atoms with van der Waals surface area (Å²) in [6.45, 7) is 0.622. The zero-order valence-corrected chi connectivity index (χ0v) is 11.9. The summed E-state index contributed by atoms with van der Waals surface area (Å²) < 4.78 is 7.20. The molecular weight excluding hydrogens is 254 g/mol. The molecule has 0 unspecified atom stereocenters. The molecule has 0 aliphatic carbocycles. The van der Waals surface area contributed by atoms with Crippen molar-refractivity contribution in [1.82, 2.24) is 9.55 Å². The van der Waals surface area contributed by atoms with E-state index in [-0.39, 0.29) is 5.84 Å².